The Labute approximate surface area is 192 Å². The van der Waals surface area contributed by atoms with Crippen molar-refractivity contribution >= 4 is 34.8 Å². The van der Waals surface area contributed by atoms with Gasteiger partial charge in [-0.05, 0) is 24.3 Å². The SMILES string of the molecule is NC(COc1ccc(-c2noc(-c3cn4cc(C(F)(F)F)cc(Cl)c4n3)n2)c(Cl)c1)C(=O)O. The highest BCUT2D eigenvalue weighted by Crippen LogP contribution is 2.34. The molecule has 1 atom stereocenters. The Bertz CT molecular complexity index is 1360. The number of aliphatic carboxylic acids is 1. The molecule has 0 amide bonds. The number of imidazole rings is 1. The molecule has 3 N–H and O–H groups in total. The van der Waals surface area contributed by atoms with E-state index in [-0.39, 0.29) is 45.5 Å². The molecule has 4 aromatic rings. The van der Waals surface area contributed by atoms with Crippen molar-refractivity contribution < 1.29 is 32.3 Å². The lowest BCUT2D eigenvalue weighted by Gasteiger charge is -2.10. The van der Waals surface area contributed by atoms with Crippen molar-refractivity contribution in [3.05, 3.63) is 52.3 Å². The number of carboxylic acid groups (broad SMARTS) is 1. The van der Waals surface area contributed by atoms with Crippen LogP contribution in [0.3, 0.4) is 0 Å². The van der Waals surface area contributed by atoms with Gasteiger partial charge < -0.3 is 24.5 Å². The number of carboxylic acids is 1. The third-order valence-electron chi connectivity index (χ3n) is 4.41. The van der Waals surface area contributed by atoms with Crippen LogP contribution in [-0.2, 0) is 11.0 Å². The van der Waals surface area contributed by atoms with E-state index in [4.69, 9.17) is 43.3 Å². The predicted molar refractivity (Wildman–Crippen MR) is 110 cm³/mol. The summed E-state index contributed by atoms with van der Waals surface area (Å²) in [6.45, 7) is -0.260. The lowest BCUT2D eigenvalue weighted by Crippen LogP contribution is -2.36. The number of carbonyl (C=O) groups is 1. The first kappa shape index (κ1) is 22.8. The van der Waals surface area contributed by atoms with Crippen LogP contribution in [0.2, 0.25) is 10.0 Å². The number of ether oxygens (including phenoxy) is 1. The Balaban J connectivity index is 1.60. The van der Waals surface area contributed by atoms with E-state index in [0.717, 1.165) is 16.7 Å². The van der Waals surface area contributed by atoms with E-state index in [0.29, 0.717) is 5.56 Å². The van der Waals surface area contributed by atoms with E-state index in [2.05, 4.69) is 15.1 Å². The highest BCUT2D eigenvalue weighted by molar-refractivity contribution is 6.33. The number of nitrogens with two attached hydrogens (primary N) is 1. The average molecular weight is 502 g/mol. The Morgan fingerprint density at radius 3 is 2.64 bits per heavy atom. The molecule has 0 spiro atoms. The third kappa shape index (κ3) is 4.72. The molecule has 14 heteroatoms. The van der Waals surface area contributed by atoms with Gasteiger partial charge in [0.1, 0.15) is 24.1 Å². The second-order valence-corrected chi connectivity index (χ2v) is 7.57. The molecule has 0 fully saturated rings. The fourth-order valence-corrected chi connectivity index (χ4v) is 3.29. The van der Waals surface area contributed by atoms with Gasteiger partial charge in [-0.15, -0.1) is 0 Å². The summed E-state index contributed by atoms with van der Waals surface area (Å²) in [7, 11) is 0. The number of nitrogens with zero attached hydrogens (tertiary/aromatic N) is 4. The Hall–Kier alpha value is -3.35. The summed E-state index contributed by atoms with van der Waals surface area (Å²) in [6, 6.07) is 4.03. The fraction of sp³-hybridized carbons (Fsp3) is 0.158. The molecule has 1 aromatic carbocycles. The molecule has 0 bridgehead atoms. The van der Waals surface area contributed by atoms with Crippen LogP contribution in [0.25, 0.3) is 28.6 Å². The average Bonchev–Trinajstić information content (AvgIpc) is 3.38. The zero-order valence-electron chi connectivity index (χ0n) is 16.2. The molecule has 0 aliphatic rings. The largest absolute Gasteiger partial charge is 0.491 e. The smallest absolute Gasteiger partial charge is 0.417 e. The minimum atomic E-state index is -4.58. The second kappa shape index (κ2) is 8.54. The number of pyridine rings is 1. The van der Waals surface area contributed by atoms with Crippen LogP contribution in [0.15, 0.2) is 41.2 Å². The van der Waals surface area contributed by atoms with E-state index in [1.54, 1.807) is 0 Å². The number of hydrogen-bond donors (Lipinski definition) is 2. The van der Waals surface area contributed by atoms with E-state index < -0.39 is 23.8 Å². The van der Waals surface area contributed by atoms with Gasteiger partial charge in [0.25, 0.3) is 5.89 Å². The van der Waals surface area contributed by atoms with E-state index >= 15 is 0 Å². The first-order valence-corrected chi connectivity index (χ1v) is 9.79. The van der Waals surface area contributed by atoms with Gasteiger partial charge in [-0.3, -0.25) is 4.79 Å². The second-order valence-electron chi connectivity index (χ2n) is 6.75. The molecule has 3 heterocycles. The molecule has 33 heavy (non-hydrogen) atoms. The van der Waals surface area contributed by atoms with Crippen molar-refractivity contribution in [2.75, 3.05) is 6.61 Å². The molecule has 0 aliphatic heterocycles. The van der Waals surface area contributed by atoms with Crippen molar-refractivity contribution in [2.24, 2.45) is 5.73 Å². The van der Waals surface area contributed by atoms with Gasteiger partial charge in [0, 0.05) is 18.0 Å². The summed E-state index contributed by atoms with van der Waals surface area (Å²) in [6.07, 6.45) is -2.45. The number of hydrogen-bond acceptors (Lipinski definition) is 7. The number of benzene rings is 1. The summed E-state index contributed by atoms with van der Waals surface area (Å²) < 4.78 is 50.7. The Kier molecular flexibility index (Phi) is 5.91. The van der Waals surface area contributed by atoms with Crippen LogP contribution in [0, 0.1) is 0 Å². The maximum Gasteiger partial charge on any atom is 0.417 e. The van der Waals surface area contributed by atoms with Crippen molar-refractivity contribution in [1.29, 1.82) is 0 Å². The van der Waals surface area contributed by atoms with Crippen LogP contribution >= 0.6 is 23.2 Å². The fourth-order valence-electron chi connectivity index (χ4n) is 2.78. The van der Waals surface area contributed by atoms with Gasteiger partial charge in [0.2, 0.25) is 5.82 Å². The van der Waals surface area contributed by atoms with Gasteiger partial charge in [-0.2, -0.15) is 18.2 Å². The first-order chi connectivity index (χ1) is 15.5. The van der Waals surface area contributed by atoms with Crippen molar-refractivity contribution in [1.82, 2.24) is 19.5 Å². The zero-order valence-corrected chi connectivity index (χ0v) is 17.7. The van der Waals surface area contributed by atoms with Crippen LogP contribution in [0.1, 0.15) is 5.56 Å². The minimum Gasteiger partial charge on any atom is -0.491 e. The van der Waals surface area contributed by atoms with E-state index in [1.807, 2.05) is 0 Å². The molecular formula is C19H12Cl2F3N5O4. The standard InChI is InChI=1S/C19H12Cl2F3N5O4/c20-11-4-9(32-7-13(25)18(30)31)1-2-10(11)15-27-17(33-28-15)14-6-29-5-8(19(22,23)24)3-12(21)16(29)26-14/h1-6,13H,7,25H2,(H,30,31). The van der Waals surface area contributed by atoms with Crippen molar-refractivity contribution in [2.45, 2.75) is 12.2 Å². The van der Waals surface area contributed by atoms with Crippen LogP contribution < -0.4 is 10.5 Å². The monoisotopic (exact) mass is 501 g/mol. The first-order valence-electron chi connectivity index (χ1n) is 9.03. The predicted octanol–water partition coefficient (Wildman–Crippen LogP) is 4.17. The third-order valence-corrected chi connectivity index (χ3v) is 5.00. The molecule has 0 saturated heterocycles. The molecule has 0 saturated carbocycles. The van der Waals surface area contributed by atoms with Crippen LogP contribution in [0.5, 0.6) is 5.75 Å². The van der Waals surface area contributed by atoms with Crippen molar-refractivity contribution in [3.63, 3.8) is 0 Å². The number of halogens is 5. The summed E-state index contributed by atoms with van der Waals surface area (Å²) in [5.41, 5.74) is 5.00. The van der Waals surface area contributed by atoms with Crippen molar-refractivity contribution in [3.8, 4) is 28.7 Å². The highest BCUT2D eigenvalue weighted by atomic mass is 35.5. The van der Waals surface area contributed by atoms with Gasteiger partial charge in [0.05, 0.1) is 15.6 Å². The lowest BCUT2D eigenvalue weighted by atomic mass is 10.2. The zero-order chi connectivity index (χ0) is 23.9. The maximum atomic E-state index is 13.0. The quantitative estimate of drug-likeness (QED) is 0.402. The van der Waals surface area contributed by atoms with E-state index in [1.165, 1.54) is 24.4 Å². The molecule has 0 radical (unpaired) electrons. The number of aromatic nitrogens is 4. The van der Waals surface area contributed by atoms with Gasteiger partial charge >= 0.3 is 12.1 Å². The Morgan fingerprint density at radius 1 is 1.21 bits per heavy atom. The molecular weight excluding hydrogens is 490 g/mol. The summed E-state index contributed by atoms with van der Waals surface area (Å²) >= 11 is 12.2. The molecule has 9 nitrogen and oxygen atoms in total. The molecule has 4 rings (SSSR count). The lowest BCUT2D eigenvalue weighted by molar-refractivity contribution is -0.139. The summed E-state index contributed by atoms with van der Waals surface area (Å²) in [4.78, 5) is 19.1. The van der Waals surface area contributed by atoms with Gasteiger partial charge in [0.15, 0.2) is 5.65 Å². The summed E-state index contributed by atoms with van der Waals surface area (Å²) in [5, 5.41) is 12.6. The maximum absolute atomic E-state index is 13.0. The normalized spacial score (nSPS) is 12.8. The van der Waals surface area contributed by atoms with Crippen LogP contribution in [0.4, 0.5) is 13.2 Å². The number of alkyl halides is 3. The molecule has 3 aromatic heterocycles. The number of rotatable bonds is 6. The van der Waals surface area contributed by atoms with Gasteiger partial charge in [-0.25, -0.2) is 4.98 Å². The van der Waals surface area contributed by atoms with E-state index in [9.17, 15) is 18.0 Å². The number of fused-ring (bicyclic) bond motifs is 1. The van der Waals surface area contributed by atoms with Gasteiger partial charge in [-0.1, -0.05) is 28.4 Å². The Morgan fingerprint density at radius 2 is 1.97 bits per heavy atom. The molecule has 1 unspecified atom stereocenters. The minimum absolute atomic E-state index is 0.0675. The highest BCUT2D eigenvalue weighted by Gasteiger charge is 2.32. The molecule has 0 aliphatic carbocycles. The summed E-state index contributed by atoms with van der Waals surface area (Å²) in [5.74, 6) is -0.912. The van der Waals surface area contributed by atoms with Crippen LogP contribution in [-0.4, -0.2) is 43.2 Å². The molecule has 172 valence electrons. The topological polar surface area (TPSA) is 129 Å².